The summed E-state index contributed by atoms with van der Waals surface area (Å²) >= 11 is 1.69. The third-order valence-electron chi connectivity index (χ3n) is 6.33. The van der Waals surface area contributed by atoms with E-state index in [9.17, 15) is 0 Å². The molecular weight excluding hydrogens is 424 g/mol. The van der Waals surface area contributed by atoms with E-state index >= 15 is 0 Å². The lowest BCUT2D eigenvalue weighted by Gasteiger charge is -2.40. The maximum absolute atomic E-state index is 4.48. The zero-order chi connectivity index (χ0) is 24.8. The van der Waals surface area contributed by atoms with E-state index in [1.54, 1.807) is 11.3 Å². The molecule has 2 aromatic rings. The average Bonchev–Trinajstić information content (AvgIpc) is 3.44. The summed E-state index contributed by atoms with van der Waals surface area (Å²) < 4.78 is 0. The van der Waals surface area contributed by atoms with Gasteiger partial charge in [-0.2, -0.15) is 0 Å². The number of benzene rings is 1. The van der Waals surface area contributed by atoms with Crippen LogP contribution in [-0.4, -0.2) is 35.6 Å². The Balaban J connectivity index is 0.00000187. The first-order valence-corrected chi connectivity index (χ1v) is 13.1. The van der Waals surface area contributed by atoms with Gasteiger partial charge < -0.3 is 15.5 Å². The van der Waals surface area contributed by atoms with E-state index in [-0.39, 0.29) is 23.5 Å². The highest BCUT2D eigenvalue weighted by Gasteiger charge is 2.35. The second kappa shape index (κ2) is 11.8. The Labute approximate surface area is 206 Å². The number of likely N-dealkylation sites (N-methyl/N-ethyl adjacent to an activating group) is 1. The maximum Gasteiger partial charge on any atom is 0.0801 e. The van der Waals surface area contributed by atoms with E-state index in [4.69, 9.17) is 0 Å². The Hall–Kier alpha value is -2.11. The van der Waals surface area contributed by atoms with Crippen LogP contribution in [0.2, 0.25) is 0 Å². The van der Waals surface area contributed by atoms with Gasteiger partial charge in [0.25, 0.3) is 0 Å². The van der Waals surface area contributed by atoms with E-state index in [0.717, 1.165) is 30.1 Å². The molecule has 1 aliphatic rings. The lowest BCUT2D eigenvalue weighted by molar-refractivity contribution is 0.235. The van der Waals surface area contributed by atoms with Crippen LogP contribution in [0.5, 0.6) is 0 Å². The molecule has 2 heterocycles. The van der Waals surface area contributed by atoms with Crippen LogP contribution >= 0.6 is 11.3 Å². The van der Waals surface area contributed by atoms with Crippen molar-refractivity contribution in [1.29, 1.82) is 0 Å². The number of nitrogens with one attached hydrogen (secondary N) is 2. The molecule has 1 aromatic carbocycles. The van der Waals surface area contributed by atoms with Crippen LogP contribution in [0.15, 0.2) is 54.3 Å². The van der Waals surface area contributed by atoms with Crippen LogP contribution in [-0.2, 0) is 0 Å². The van der Waals surface area contributed by atoms with Crippen molar-refractivity contribution >= 4 is 11.3 Å². The number of hydrogen-bond acceptors (Lipinski definition) is 5. The minimum absolute atomic E-state index is 0.110. The summed E-state index contributed by atoms with van der Waals surface area (Å²) in [7, 11) is 2.03. The van der Waals surface area contributed by atoms with Gasteiger partial charge in [0.05, 0.1) is 28.2 Å². The van der Waals surface area contributed by atoms with Crippen LogP contribution < -0.4 is 10.6 Å². The van der Waals surface area contributed by atoms with Crippen molar-refractivity contribution in [3.8, 4) is 10.4 Å². The highest BCUT2D eigenvalue weighted by atomic mass is 32.1. The Kier molecular flexibility index (Phi) is 9.74. The van der Waals surface area contributed by atoms with E-state index in [2.05, 4.69) is 92.6 Å². The summed E-state index contributed by atoms with van der Waals surface area (Å²) in [6, 6.07) is 9.53. The Bertz CT molecular complexity index is 907. The van der Waals surface area contributed by atoms with E-state index in [0.29, 0.717) is 0 Å². The second-order valence-corrected chi connectivity index (χ2v) is 10.6. The molecule has 0 radical (unpaired) electrons. The molecule has 1 fully saturated rings. The Morgan fingerprint density at radius 1 is 1.18 bits per heavy atom. The molecule has 1 aliphatic heterocycles. The molecule has 0 spiro atoms. The van der Waals surface area contributed by atoms with Gasteiger partial charge in [-0.3, -0.25) is 0 Å². The number of aromatic nitrogens is 1. The van der Waals surface area contributed by atoms with Gasteiger partial charge in [-0.25, -0.2) is 4.98 Å². The fourth-order valence-corrected chi connectivity index (χ4v) is 5.51. The summed E-state index contributed by atoms with van der Waals surface area (Å²) in [4.78, 5) is 8.06. The van der Waals surface area contributed by atoms with Crippen molar-refractivity contribution in [2.24, 2.45) is 5.41 Å². The molecule has 182 valence electrons. The zero-order valence-electron chi connectivity index (χ0n) is 22.0. The second-order valence-electron chi connectivity index (χ2n) is 9.71. The predicted octanol–water partition coefficient (Wildman–Crippen LogP) is 6.92. The van der Waals surface area contributed by atoms with Gasteiger partial charge in [0, 0.05) is 24.0 Å². The van der Waals surface area contributed by atoms with Gasteiger partial charge in [-0.1, -0.05) is 72.0 Å². The van der Waals surface area contributed by atoms with Gasteiger partial charge >= 0.3 is 0 Å². The molecule has 33 heavy (non-hydrogen) atoms. The summed E-state index contributed by atoms with van der Waals surface area (Å²) in [6.45, 7) is 25.0. The number of nitrogens with zero attached hydrogens (tertiary/aromatic N) is 2. The summed E-state index contributed by atoms with van der Waals surface area (Å²) in [6.07, 6.45) is 2.28. The third kappa shape index (κ3) is 6.48. The molecule has 4 nitrogen and oxygen atoms in total. The van der Waals surface area contributed by atoms with Crippen molar-refractivity contribution in [3.63, 3.8) is 0 Å². The standard InChI is InChI=1S/C26H38N4S.C2H6/c1-17(21-11-13-22(14-12-21)24-19(3)28-16-31-24)29-18(2)23-10-9-15-30(23)20(4)25(27-8)26(5,6)7;1-2/h11-14,16-17,23,25,27,29H,2,4,9-10,15H2,1,3,5-8H3;1-2H3. The van der Waals surface area contributed by atoms with E-state index in [1.165, 1.54) is 22.4 Å². The van der Waals surface area contributed by atoms with Crippen LogP contribution in [0.25, 0.3) is 10.4 Å². The summed E-state index contributed by atoms with van der Waals surface area (Å²) in [5, 5.41) is 7.15. The summed E-state index contributed by atoms with van der Waals surface area (Å²) in [5.74, 6) is 0. The molecule has 5 heteroatoms. The topological polar surface area (TPSA) is 40.2 Å². The fourth-order valence-electron chi connectivity index (χ4n) is 4.70. The number of likely N-dealkylation sites (tertiary alicyclic amines) is 1. The number of aryl methyl sites for hydroxylation is 1. The molecule has 1 saturated heterocycles. The first-order chi connectivity index (χ1) is 15.6. The largest absolute Gasteiger partial charge is 0.381 e. The number of thiazole rings is 1. The SMILES string of the molecule is C=C(NC(C)c1ccc(-c2scnc2C)cc1)C1CCCN1C(=C)C(NC)C(C)(C)C.CC. The quantitative estimate of drug-likeness (QED) is 0.441. The van der Waals surface area contributed by atoms with Gasteiger partial charge in [0.2, 0.25) is 0 Å². The molecule has 3 unspecified atom stereocenters. The lowest BCUT2D eigenvalue weighted by atomic mass is 9.84. The zero-order valence-corrected chi connectivity index (χ0v) is 22.8. The van der Waals surface area contributed by atoms with Gasteiger partial charge in [-0.15, -0.1) is 11.3 Å². The van der Waals surface area contributed by atoms with Gasteiger partial charge in [0.15, 0.2) is 0 Å². The van der Waals surface area contributed by atoms with Crippen molar-refractivity contribution in [2.45, 2.75) is 79.4 Å². The summed E-state index contributed by atoms with van der Waals surface area (Å²) in [5.41, 5.74) is 7.85. The molecule has 3 atom stereocenters. The number of hydrogen-bond donors (Lipinski definition) is 2. The number of rotatable bonds is 8. The fraction of sp³-hybridized carbons (Fsp3) is 0.536. The minimum Gasteiger partial charge on any atom is -0.381 e. The molecule has 0 saturated carbocycles. The first kappa shape index (κ1) is 27.1. The smallest absolute Gasteiger partial charge is 0.0801 e. The predicted molar refractivity (Wildman–Crippen MR) is 145 cm³/mol. The average molecular weight is 469 g/mol. The normalized spacial score (nSPS) is 17.7. The highest BCUT2D eigenvalue weighted by molar-refractivity contribution is 7.13. The Morgan fingerprint density at radius 3 is 2.33 bits per heavy atom. The van der Waals surface area contributed by atoms with Gasteiger partial charge in [-0.05, 0) is 50.3 Å². The maximum atomic E-state index is 4.48. The third-order valence-corrected chi connectivity index (χ3v) is 7.31. The molecule has 0 amide bonds. The molecule has 2 N–H and O–H groups in total. The lowest BCUT2D eigenvalue weighted by Crippen LogP contribution is -2.47. The van der Waals surface area contributed by atoms with Gasteiger partial charge in [0.1, 0.15) is 0 Å². The van der Waals surface area contributed by atoms with E-state index in [1.807, 2.05) is 26.4 Å². The van der Waals surface area contributed by atoms with Crippen molar-refractivity contribution in [1.82, 2.24) is 20.5 Å². The monoisotopic (exact) mass is 468 g/mol. The first-order valence-electron chi connectivity index (χ1n) is 12.2. The van der Waals surface area contributed by atoms with Crippen LogP contribution in [0.4, 0.5) is 0 Å². The van der Waals surface area contributed by atoms with Crippen molar-refractivity contribution < 1.29 is 0 Å². The Morgan fingerprint density at radius 2 is 1.82 bits per heavy atom. The van der Waals surface area contributed by atoms with Crippen molar-refractivity contribution in [2.75, 3.05) is 13.6 Å². The van der Waals surface area contributed by atoms with E-state index < -0.39 is 0 Å². The van der Waals surface area contributed by atoms with Crippen molar-refractivity contribution in [3.05, 3.63) is 65.6 Å². The highest BCUT2D eigenvalue weighted by Crippen LogP contribution is 2.33. The molecular formula is C28H44N4S. The molecule has 3 rings (SSSR count). The minimum atomic E-state index is 0.110. The van der Waals surface area contributed by atoms with Crippen LogP contribution in [0.3, 0.4) is 0 Å². The van der Waals surface area contributed by atoms with Crippen LogP contribution in [0.1, 0.15) is 71.7 Å². The molecule has 0 bridgehead atoms. The molecule has 0 aliphatic carbocycles. The molecule has 1 aromatic heterocycles. The van der Waals surface area contributed by atoms with Crippen LogP contribution in [0, 0.1) is 12.3 Å².